The van der Waals surface area contributed by atoms with Crippen LogP contribution in [0.1, 0.15) is 78.5 Å². The Morgan fingerprint density at radius 1 is 1.00 bits per heavy atom. The number of aromatic hydroxyl groups is 1. The van der Waals surface area contributed by atoms with Gasteiger partial charge in [-0.25, -0.2) is 0 Å². The average Bonchev–Trinajstić information content (AvgIpc) is 2.27. The molecule has 0 aliphatic rings. The van der Waals surface area contributed by atoms with Crippen LogP contribution in [0.25, 0.3) is 0 Å². The minimum atomic E-state index is -0.763. The molecule has 0 unspecified atom stereocenters. The second kappa shape index (κ2) is 7.17. The van der Waals surface area contributed by atoms with E-state index in [1.807, 2.05) is 12.1 Å². The number of phenolic OH excluding ortho intramolecular Hbond substituents is 1. The summed E-state index contributed by atoms with van der Waals surface area (Å²) in [5, 5.41) is 19.4. The molecule has 1 aromatic carbocycles. The summed E-state index contributed by atoms with van der Waals surface area (Å²) in [5.41, 5.74) is 2.67. The third kappa shape index (κ3) is 5.36. The van der Waals surface area contributed by atoms with Gasteiger partial charge in [-0.3, -0.25) is 4.79 Å². The fourth-order valence-electron chi connectivity index (χ4n) is 2.43. The van der Waals surface area contributed by atoms with Crippen molar-refractivity contribution in [2.45, 2.75) is 79.1 Å². The quantitative estimate of drug-likeness (QED) is 0.820. The molecule has 0 aromatic heterocycles. The SMILES string of the molecule is C.CC(C)(C)c1cc(CCCC(=O)O)cc(C(C)(C)C)c1O. The number of aryl methyl sites for hydroxylation is 1. The van der Waals surface area contributed by atoms with Crippen LogP contribution >= 0.6 is 0 Å². The Bertz CT molecular complexity index is 481. The van der Waals surface area contributed by atoms with E-state index in [1.165, 1.54) is 0 Å². The van der Waals surface area contributed by atoms with Crippen molar-refractivity contribution in [2.75, 3.05) is 0 Å². The summed E-state index contributed by atoms with van der Waals surface area (Å²) in [5.74, 6) is -0.391. The number of aliphatic carboxylic acids is 1. The zero-order valence-electron chi connectivity index (χ0n) is 14.1. The Balaban J connectivity index is 0.00000441. The summed E-state index contributed by atoms with van der Waals surface area (Å²) in [7, 11) is 0. The van der Waals surface area contributed by atoms with E-state index in [2.05, 4.69) is 41.5 Å². The summed E-state index contributed by atoms with van der Waals surface area (Å²) in [6, 6.07) is 4.04. The van der Waals surface area contributed by atoms with Crippen LogP contribution < -0.4 is 0 Å². The summed E-state index contributed by atoms with van der Waals surface area (Å²) in [4.78, 5) is 10.7. The van der Waals surface area contributed by atoms with Crippen LogP contribution in [0.15, 0.2) is 12.1 Å². The first-order chi connectivity index (χ1) is 9.43. The number of hydrogen-bond donors (Lipinski definition) is 2. The number of hydrogen-bond acceptors (Lipinski definition) is 2. The Kier molecular flexibility index (Phi) is 6.68. The molecule has 2 N–H and O–H groups in total. The molecule has 0 atom stereocenters. The van der Waals surface area contributed by atoms with Crippen LogP contribution in [0.2, 0.25) is 0 Å². The first-order valence-corrected chi connectivity index (χ1v) is 7.51. The fraction of sp³-hybridized carbons (Fsp3) is 0.632. The number of rotatable bonds is 4. The summed E-state index contributed by atoms with van der Waals surface area (Å²) >= 11 is 0. The highest BCUT2D eigenvalue weighted by molar-refractivity contribution is 5.66. The Morgan fingerprint density at radius 2 is 1.41 bits per heavy atom. The highest BCUT2D eigenvalue weighted by Crippen LogP contribution is 2.39. The number of carbonyl (C=O) groups is 1. The van der Waals surface area contributed by atoms with Gasteiger partial charge in [0.25, 0.3) is 0 Å². The van der Waals surface area contributed by atoms with Crippen molar-refractivity contribution in [1.82, 2.24) is 0 Å². The molecule has 0 bridgehead atoms. The molecule has 3 heteroatoms. The van der Waals surface area contributed by atoms with Crippen LogP contribution in [-0.2, 0) is 22.0 Å². The van der Waals surface area contributed by atoms with Crippen LogP contribution in [0.5, 0.6) is 5.75 Å². The molecule has 126 valence electrons. The number of carboxylic acid groups (broad SMARTS) is 1. The highest BCUT2D eigenvalue weighted by atomic mass is 16.4. The molecule has 0 fully saturated rings. The first-order valence-electron chi connectivity index (χ1n) is 7.51. The summed E-state index contributed by atoms with van der Waals surface area (Å²) in [6.45, 7) is 12.5. The monoisotopic (exact) mass is 308 g/mol. The van der Waals surface area contributed by atoms with Gasteiger partial charge in [-0.05, 0) is 40.4 Å². The topological polar surface area (TPSA) is 57.5 Å². The van der Waals surface area contributed by atoms with Gasteiger partial charge in [-0.2, -0.15) is 0 Å². The maximum Gasteiger partial charge on any atom is 0.303 e. The van der Waals surface area contributed by atoms with Crippen molar-refractivity contribution in [2.24, 2.45) is 0 Å². The van der Waals surface area contributed by atoms with Gasteiger partial charge in [0.15, 0.2) is 0 Å². The predicted octanol–water partition coefficient (Wildman–Crippen LogP) is 5.03. The van der Waals surface area contributed by atoms with Crippen LogP contribution in [0, 0.1) is 0 Å². The minimum absolute atomic E-state index is 0. The molecule has 0 aliphatic heterocycles. The van der Waals surface area contributed by atoms with Crippen molar-refractivity contribution in [3.8, 4) is 5.75 Å². The maximum absolute atomic E-state index is 10.7. The van der Waals surface area contributed by atoms with E-state index in [-0.39, 0.29) is 24.7 Å². The predicted molar refractivity (Wildman–Crippen MR) is 92.8 cm³/mol. The minimum Gasteiger partial charge on any atom is -0.507 e. The van der Waals surface area contributed by atoms with E-state index in [9.17, 15) is 9.90 Å². The third-order valence-corrected chi connectivity index (χ3v) is 3.64. The van der Waals surface area contributed by atoms with E-state index in [0.29, 0.717) is 12.2 Å². The molecule has 22 heavy (non-hydrogen) atoms. The first kappa shape index (κ1) is 20.5. The lowest BCUT2D eigenvalue weighted by Crippen LogP contribution is -2.18. The van der Waals surface area contributed by atoms with Gasteiger partial charge >= 0.3 is 5.97 Å². The molecular formula is C19H32O3. The largest absolute Gasteiger partial charge is 0.507 e. The normalized spacial score (nSPS) is 11.9. The molecule has 0 saturated carbocycles. The van der Waals surface area contributed by atoms with E-state index in [0.717, 1.165) is 23.1 Å². The third-order valence-electron chi connectivity index (χ3n) is 3.64. The molecule has 0 radical (unpaired) electrons. The van der Waals surface area contributed by atoms with Gasteiger partial charge in [0.2, 0.25) is 0 Å². The summed E-state index contributed by atoms with van der Waals surface area (Å²) in [6.07, 6.45) is 1.52. The molecule has 0 aliphatic carbocycles. The van der Waals surface area contributed by atoms with Crippen molar-refractivity contribution < 1.29 is 15.0 Å². The van der Waals surface area contributed by atoms with Gasteiger partial charge in [0.05, 0.1) is 0 Å². The smallest absolute Gasteiger partial charge is 0.303 e. The van der Waals surface area contributed by atoms with Crippen LogP contribution in [0.3, 0.4) is 0 Å². The van der Waals surface area contributed by atoms with Crippen molar-refractivity contribution in [3.05, 3.63) is 28.8 Å². The van der Waals surface area contributed by atoms with Gasteiger partial charge in [-0.15, -0.1) is 0 Å². The van der Waals surface area contributed by atoms with E-state index in [1.54, 1.807) is 0 Å². The van der Waals surface area contributed by atoms with E-state index in [4.69, 9.17) is 5.11 Å². The Labute approximate surface area is 135 Å². The molecular weight excluding hydrogens is 276 g/mol. The molecule has 0 heterocycles. The van der Waals surface area contributed by atoms with Crippen molar-refractivity contribution >= 4 is 5.97 Å². The standard InChI is InChI=1S/C18H28O3.CH4/c1-17(2,3)13-10-12(8-7-9-15(19)20)11-14(16(13)21)18(4,5)6;/h10-11,21H,7-9H2,1-6H3,(H,19,20);1H4. The van der Waals surface area contributed by atoms with Crippen LogP contribution in [-0.4, -0.2) is 16.2 Å². The molecule has 0 spiro atoms. The van der Waals surface area contributed by atoms with Gasteiger partial charge in [-0.1, -0.05) is 61.1 Å². The maximum atomic E-state index is 10.7. The number of benzene rings is 1. The van der Waals surface area contributed by atoms with Gasteiger partial charge in [0, 0.05) is 6.42 Å². The Hall–Kier alpha value is -1.51. The van der Waals surface area contributed by atoms with Gasteiger partial charge in [0.1, 0.15) is 5.75 Å². The number of carboxylic acids is 1. The van der Waals surface area contributed by atoms with Crippen molar-refractivity contribution in [3.63, 3.8) is 0 Å². The van der Waals surface area contributed by atoms with Crippen molar-refractivity contribution in [1.29, 1.82) is 0 Å². The van der Waals surface area contributed by atoms with E-state index >= 15 is 0 Å². The van der Waals surface area contributed by atoms with E-state index < -0.39 is 5.97 Å². The molecule has 3 nitrogen and oxygen atoms in total. The summed E-state index contributed by atoms with van der Waals surface area (Å²) < 4.78 is 0. The zero-order valence-corrected chi connectivity index (χ0v) is 14.1. The average molecular weight is 308 g/mol. The second-order valence-electron chi connectivity index (χ2n) is 7.79. The Morgan fingerprint density at radius 3 is 1.73 bits per heavy atom. The fourth-order valence-corrected chi connectivity index (χ4v) is 2.43. The molecule has 0 saturated heterocycles. The lowest BCUT2D eigenvalue weighted by atomic mass is 9.78. The lowest BCUT2D eigenvalue weighted by Gasteiger charge is -2.28. The second-order valence-corrected chi connectivity index (χ2v) is 7.79. The lowest BCUT2D eigenvalue weighted by molar-refractivity contribution is -0.137. The zero-order chi connectivity index (χ0) is 16.4. The van der Waals surface area contributed by atoms with Gasteiger partial charge < -0.3 is 10.2 Å². The molecule has 1 rings (SSSR count). The van der Waals surface area contributed by atoms with Crippen LogP contribution in [0.4, 0.5) is 0 Å². The highest BCUT2D eigenvalue weighted by Gasteiger charge is 2.26. The molecule has 0 amide bonds. The molecule has 1 aromatic rings. The number of phenols is 1.